The van der Waals surface area contributed by atoms with Gasteiger partial charge in [0, 0.05) is 35.4 Å². The van der Waals surface area contributed by atoms with Gasteiger partial charge in [-0.1, -0.05) is 42.0 Å². The average molecular weight is 265 g/mol. The van der Waals surface area contributed by atoms with Gasteiger partial charge in [0.15, 0.2) is 0 Å². The van der Waals surface area contributed by atoms with Crippen LogP contribution >= 0.6 is 0 Å². The lowest BCUT2D eigenvalue weighted by Crippen LogP contribution is -2.34. The van der Waals surface area contributed by atoms with Crippen molar-refractivity contribution in [1.29, 1.82) is 0 Å². The van der Waals surface area contributed by atoms with Crippen LogP contribution in [-0.4, -0.2) is 40.8 Å². The van der Waals surface area contributed by atoms with Crippen LogP contribution in [0.5, 0.6) is 0 Å². The molecule has 0 aromatic heterocycles. The molecule has 0 bridgehead atoms. The van der Waals surface area contributed by atoms with E-state index < -0.39 is 10.8 Å². The first-order chi connectivity index (χ1) is 8.49. The summed E-state index contributed by atoms with van der Waals surface area (Å²) in [7, 11) is 1.35. The van der Waals surface area contributed by atoms with Crippen LogP contribution in [0.15, 0.2) is 35.9 Å². The third-order valence-electron chi connectivity index (χ3n) is 2.94. The highest BCUT2D eigenvalue weighted by atomic mass is 32.2. The maximum Gasteiger partial charge on any atom is 0.0385 e. The lowest BCUT2D eigenvalue weighted by molar-refractivity contribution is 0.300. The summed E-state index contributed by atoms with van der Waals surface area (Å²) < 4.78 is 11.2. The monoisotopic (exact) mass is 265 g/mol. The molecule has 0 saturated carbocycles. The van der Waals surface area contributed by atoms with Gasteiger partial charge in [-0.25, -0.2) is 0 Å². The second-order valence-electron chi connectivity index (χ2n) is 4.91. The summed E-state index contributed by atoms with van der Waals surface area (Å²) in [6, 6.07) is 10.7. The van der Waals surface area contributed by atoms with Gasteiger partial charge >= 0.3 is 0 Å². The van der Waals surface area contributed by atoms with Gasteiger partial charge in [0.05, 0.1) is 0 Å². The van der Waals surface area contributed by atoms with E-state index in [-0.39, 0.29) is 0 Å². The molecule has 0 radical (unpaired) electrons. The molecule has 1 rings (SSSR count). The molecule has 2 atom stereocenters. The van der Waals surface area contributed by atoms with E-state index in [0.29, 0.717) is 6.04 Å². The van der Waals surface area contributed by atoms with Crippen LogP contribution in [0.1, 0.15) is 19.4 Å². The summed E-state index contributed by atoms with van der Waals surface area (Å²) in [5.41, 5.74) is 2.55. The first-order valence-electron chi connectivity index (χ1n) is 6.21. The van der Waals surface area contributed by atoms with Gasteiger partial charge in [0.1, 0.15) is 0 Å². The number of rotatable bonds is 6. The smallest absolute Gasteiger partial charge is 0.0385 e. The normalized spacial score (nSPS) is 15.7. The molecular formula is C15H23NOS. The summed E-state index contributed by atoms with van der Waals surface area (Å²) >= 11 is 0. The molecule has 1 aromatic carbocycles. The molecule has 0 fully saturated rings. The van der Waals surface area contributed by atoms with Gasteiger partial charge < -0.3 is 0 Å². The molecule has 0 unspecified atom stereocenters. The third kappa shape index (κ3) is 5.61. The minimum atomic E-state index is -0.730. The minimum Gasteiger partial charge on any atom is -0.299 e. The predicted octanol–water partition coefficient (Wildman–Crippen LogP) is 2.79. The summed E-state index contributed by atoms with van der Waals surface area (Å²) in [5, 5.41) is 0. The second-order valence-corrected chi connectivity index (χ2v) is 6.39. The van der Waals surface area contributed by atoms with Crippen LogP contribution in [0.2, 0.25) is 0 Å². The van der Waals surface area contributed by atoms with E-state index in [4.69, 9.17) is 0 Å². The van der Waals surface area contributed by atoms with E-state index in [9.17, 15) is 4.21 Å². The van der Waals surface area contributed by atoms with Crippen molar-refractivity contribution in [2.75, 3.05) is 25.6 Å². The summed E-state index contributed by atoms with van der Waals surface area (Å²) in [4.78, 5) is 2.25. The van der Waals surface area contributed by atoms with Gasteiger partial charge in [0.2, 0.25) is 0 Å². The first kappa shape index (κ1) is 15.1. The summed E-state index contributed by atoms with van der Waals surface area (Å²) in [5.74, 6) is 0.731. The lowest BCUT2D eigenvalue weighted by atomic mass is 10.1. The first-order valence-corrected chi connectivity index (χ1v) is 7.94. The predicted molar refractivity (Wildman–Crippen MR) is 81.1 cm³/mol. The maximum absolute atomic E-state index is 11.2. The zero-order valence-electron chi connectivity index (χ0n) is 11.7. The van der Waals surface area contributed by atoms with Gasteiger partial charge in [-0.2, -0.15) is 0 Å². The van der Waals surface area contributed by atoms with E-state index in [1.54, 1.807) is 6.26 Å². The number of likely N-dealkylation sites (N-methyl/N-ethyl adjacent to an activating group) is 1. The van der Waals surface area contributed by atoms with Crippen LogP contribution in [0, 0.1) is 0 Å². The average Bonchev–Trinajstić information content (AvgIpc) is 2.29. The van der Waals surface area contributed by atoms with Gasteiger partial charge in [0.25, 0.3) is 0 Å². The van der Waals surface area contributed by atoms with Crippen molar-refractivity contribution in [3.8, 4) is 0 Å². The Bertz CT molecular complexity index is 414. The van der Waals surface area contributed by atoms with Crippen molar-refractivity contribution < 1.29 is 4.21 Å². The molecule has 0 spiro atoms. The Morgan fingerprint density at radius 1 is 1.39 bits per heavy atom. The van der Waals surface area contributed by atoms with E-state index in [2.05, 4.69) is 44.0 Å². The highest BCUT2D eigenvalue weighted by Crippen LogP contribution is 2.08. The molecule has 0 N–H and O–H groups in total. The highest BCUT2D eigenvalue weighted by Gasteiger charge is 2.10. The Labute approximate surface area is 113 Å². The van der Waals surface area contributed by atoms with Crippen molar-refractivity contribution in [3.05, 3.63) is 41.5 Å². The molecular weight excluding hydrogens is 242 g/mol. The molecule has 3 heteroatoms. The fraction of sp³-hybridized carbons (Fsp3) is 0.467. The quantitative estimate of drug-likeness (QED) is 0.788. The lowest BCUT2D eigenvalue weighted by Gasteiger charge is -2.24. The SMILES string of the molecule is C/C(=C\c1ccccc1)CN(C)[C@@H](C)C[S@@](C)=O. The molecule has 1 aromatic rings. The zero-order chi connectivity index (χ0) is 13.5. The number of hydrogen-bond acceptors (Lipinski definition) is 2. The Morgan fingerprint density at radius 3 is 2.56 bits per heavy atom. The Balaban J connectivity index is 2.56. The van der Waals surface area contributed by atoms with Crippen molar-refractivity contribution in [2.45, 2.75) is 19.9 Å². The number of hydrogen-bond donors (Lipinski definition) is 0. The maximum atomic E-state index is 11.2. The molecule has 0 saturated heterocycles. The minimum absolute atomic E-state index is 0.343. The van der Waals surface area contributed by atoms with Gasteiger partial charge in [-0.3, -0.25) is 9.11 Å². The fourth-order valence-electron chi connectivity index (χ4n) is 1.90. The molecule has 2 nitrogen and oxygen atoms in total. The van der Waals surface area contributed by atoms with Crippen molar-refractivity contribution in [1.82, 2.24) is 4.90 Å². The Morgan fingerprint density at radius 2 is 2.00 bits per heavy atom. The molecule has 0 aliphatic carbocycles. The molecule has 0 amide bonds. The molecule has 18 heavy (non-hydrogen) atoms. The summed E-state index contributed by atoms with van der Waals surface area (Å²) in [6.45, 7) is 5.17. The van der Waals surface area contributed by atoms with Gasteiger partial charge in [-0.15, -0.1) is 0 Å². The van der Waals surface area contributed by atoms with Crippen LogP contribution in [0.3, 0.4) is 0 Å². The number of nitrogens with zero attached hydrogens (tertiary/aromatic N) is 1. The Kier molecular flexibility index (Phi) is 6.30. The molecule has 100 valence electrons. The van der Waals surface area contributed by atoms with Crippen LogP contribution in [-0.2, 0) is 10.8 Å². The second kappa shape index (κ2) is 7.49. The van der Waals surface area contributed by atoms with Crippen LogP contribution < -0.4 is 0 Å². The number of benzene rings is 1. The van der Waals surface area contributed by atoms with Crippen LogP contribution in [0.4, 0.5) is 0 Å². The zero-order valence-corrected chi connectivity index (χ0v) is 12.5. The van der Waals surface area contributed by atoms with E-state index in [1.807, 2.05) is 18.2 Å². The van der Waals surface area contributed by atoms with Crippen molar-refractivity contribution >= 4 is 16.9 Å². The summed E-state index contributed by atoms with van der Waals surface area (Å²) in [6.07, 6.45) is 3.96. The van der Waals surface area contributed by atoms with E-state index >= 15 is 0 Å². The molecule has 0 heterocycles. The largest absolute Gasteiger partial charge is 0.299 e. The fourth-order valence-corrected chi connectivity index (χ4v) is 2.83. The van der Waals surface area contributed by atoms with E-state index in [1.165, 1.54) is 11.1 Å². The standard InChI is InChI=1S/C15H23NOS/c1-13(10-15-8-6-5-7-9-15)11-16(3)14(2)12-18(4)17/h5-10,14H,11-12H2,1-4H3/b13-10+/t14-,18+/m0/s1. The molecule has 0 aliphatic rings. The topological polar surface area (TPSA) is 20.3 Å². The van der Waals surface area contributed by atoms with Crippen LogP contribution in [0.25, 0.3) is 6.08 Å². The van der Waals surface area contributed by atoms with Crippen molar-refractivity contribution in [2.24, 2.45) is 0 Å². The van der Waals surface area contributed by atoms with Crippen molar-refractivity contribution in [3.63, 3.8) is 0 Å². The van der Waals surface area contributed by atoms with Gasteiger partial charge in [-0.05, 0) is 26.5 Å². The Hall–Kier alpha value is -0.930. The highest BCUT2D eigenvalue weighted by molar-refractivity contribution is 7.84. The molecule has 0 aliphatic heterocycles. The third-order valence-corrected chi connectivity index (χ3v) is 3.89. The van der Waals surface area contributed by atoms with E-state index in [0.717, 1.165) is 12.3 Å².